The molecule has 0 saturated heterocycles. The van der Waals surface area contributed by atoms with Crippen LogP contribution in [0.5, 0.6) is 5.75 Å². The van der Waals surface area contributed by atoms with Crippen LogP contribution in [-0.2, 0) is 9.53 Å². The maximum atomic E-state index is 12.2. The van der Waals surface area contributed by atoms with Crippen LogP contribution in [-0.4, -0.2) is 32.8 Å². The Morgan fingerprint density at radius 1 is 1.35 bits per heavy atom. The van der Waals surface area contributed by atoms with E-state index in [1.165, 1.54) is 0 Å². The number of carbonyl (C=O) groups is 1. The highest BCUT2D eigenvalue weighted by Crippen LogP contribution is 2.27. The maximum absolute atomic E-state index is 12.2. The quantitative estimate of drug-likeness (QED) is 0.749. The molecule has 0 spiro atoms. The summed E-state index contributed by atoms with van der Waals surface area (Å²) in [6, 6.07) is 5.65. The number of methoxy groups -OCH3 is 1. The van der Waals surface area contributed by atoms with Gasteiger partial charge in [0.1, 0.15) is 12.4 Å². The highest BCUT2D eigenvalue weighted by molar-refractivity contribution is 5.96. The van der Waals surface area contributed by atoms with Crippen molar-refractivity contribution >= 4 is 11.6 Å². The SMILES string of the molecule is COCCOc1cc(C)ccc1NC(=O)C(C)(C)CN. The molecule has 0 atom stereocenters. The Labute approximate surface area is 120 Å². The first kappa shape index (κ1) is 16.5. The predicted molar refractivity (Wildman–Crippen MR) is 80.0 cm³/mol. The average Bonchev–Trinajstić information content (AvgIpc) is 2.41. The van der Waals surface area contributed by atoms with Gasteiger partial charge in [0.2, 0.25) is 5.91 Å². The van der Waals surface area contributed by atoms with Crippen molar-refractivity contribution in [1.82, 2.24) is 0 Å². The molecule has 0 aromatic heterocycles. The van der Waals surface area contributed by atoms with Gasteiger partial charge in [-0.25, -0.2) is 0 Å². The highest BCUT2D eigenvalue weighted by Gasteiger charge is 2.26. The normalized spacial score (nSPS) is 11.2. The predicted octanol–water partition coefficient (Wildman–Crippen LogP) is 1.94. The summed E-state index contributed by atoms with van der Waals surface area (Å²) in [4.78, 5) is 12.2. The van der Waals surface area contributed by atoms with Crippen LogP contribution in [0.25, 0.3) is 0 Å². The zero-order valence-corrected chi connectivity index (χ0v) is 12.7. The number of nitrogens with one attached hydrogen (secondary N) is 1. The molecule has 0 aliphatic rings. The fourth-order valence-corrected chi connectivity index (χ4v) is 1.47. The minimum atomic E-state index is -0.616. The number of rotatable bonds is 7. The maximum Gasteiger partial charge on any atom is 0.231 e. The molecule has 20 heavy (non-hydrogen) atoms. The number of ether oxygens (including phenoxy) is 2. The zero-order valence-electron chi connectivity index (χ0n) is 12.7. The Kier molecular flexibility index (Phi) is 5.98. The molecule has 0 fully saturated rings. The zero-order chi connectivity index (χ0) is 15.2. The number of carbonyl (C=O) groups excluding carboxylic acids is 1. The Balaban J connectivity index is 2.85. The van der Waals surface area contributed by atoms with Crippen LogP contribution < -0.4 is 15.8 Å². The van der Waals surface area contributed by atoms with E-state index in [-0.39, 0.29) is 12.5 Å². The van der Waals surface area contributed by atoms with E-state index in [9.17, 15) is 4.79 Å². The van der Waals surface area contributed by atoms with Gasteiger partial charge in [0, 0.05) is 13.7 Å². The van der Waals surface area contributed by atoms with Crippen molar-refractivity contribution in [2.75, 3.05) is 32.2 Å². The number of amides is 1. The Bertz CT molecular complexity index is 458. The van der Waals surface area contributed by atoms with Crippen LogP contribution in [0.2, 0.25) is 0 Å². The lowest BCUT2D eigenvalue weighted by Gasteiger charge is -2.22. The Morgan fingerprint density at radius 2 is 2.05 bits per heavy atom. The molecule has 3 N–H and O–H groups in total. The van der Waals surface area contributed by atoms with Gasteiger partial charge in [-0.3, -0.25) is 4.79 Å². The number of hydrogen-bond acceptors (Lipinski definition) is 4. The number of benzene rings is 1. The van der Waals surface area contributed by atoms with Crippen LogP contribution in [0.4, 0.5) is 5.69 Å². The first-order valence-electron chi connectivity index (χ1n) is 6.64. The lowest BCUT2D eigenvalue weighted by Crippen LogP contribution is -2.37. The van der Waals surface area contributed by atoms with E-state index >= 15 is 0 Å². The van der Waals surface area contributed by atoms with Crippen molar-refractivity contribution in [1.29, 1.82) is 0 Å². The highest BCUT2D eigenvalue weighted by atomic mass is 16.5. The summed E-state index contributed by atoms with van der Waals surface area (Å²) in [5.41, 5.74) is 6.71. The van der Waals surface area contributed by atoms with E-state index in [0.717, 1.165) is 5.56 Å². The Hall–Kier alpha value is -1.59. The average molecular weight is 280 g/mol. The largest absolute Gasteiger partial charge is 0.489 e. The monoisotopic (exact) mass is 280 g/mol. The second-order valence-corrected chi connectivity index (χ2v) is 5.38. The lowest BCUT2D eigenvalue weighted by molar-refractivity contribution is -0.123. The molecule has 112 valence electrons. The smallest absolute Gasteiger partial charge is 0.231 e. The molecule has 1 amide bonds. The van der Waals surface area contributed by atoms with Crippen molar-refractivity contribution in [2.45, 2.75) is 20.8 Å². The standard InChI is InChI=1S/C15H24N2O3/c1-11-5-6-12(13(9-11)20-8-7-19-4)17-14(18)15(2,3)10-16/h5-6,9H,7-8,10,16H2,1-4H3,(H,17,18). The fraction of sp³-hybridized carbons (Fsp3) is 0.533. The van der Waals surface area contributed by atoms with Gasteiger partial charge in [0.25, 0.3) is 0 Å². The summed E-state index contributed by atoms with van der Waals surface area (Å²) in [5.74, 6) is 0.517. The summed E-state index contributed by atoms with van der Waals surface area (Å²) in [6.07, 6.45) is 0. The van der Waals surface area contributed by atoms with Crippen molar-refractivity contribution in [2.24, 2.45) is 11.1 Å². The third-order valence-electron chi connectivity index (χ3n) is 3.06. The van der Waals surface area contributed by atoms with Crippen LogP contribution in [0.1, 0.15) is 19.4 Å². The lowest BCUT2D eigenvalue weighted by atomic mass is 9.92. The molecular formula is C15H24N2O3. The summed E-state index contributed by atoms with van der Waals surface area (Å²) in [6.45, 7) is 6.80. The van der Waals surface area contributed by atoms with Gasteiger partial charge in [-0.15, -0.1) is 0 Å². The van der Waals surface area contributed by atoms with Crippen LogP contribution in [0.15, 0.2) is 18.2 Å². The minimum absolute atomic E-state index is 0.125. The summed E-state index contributed by atoms with van der Waals surface area (Å²) in [5, 5.41) is 2.87. The van der Waals surface area contributed by atoms with Gasteiger partial charge in [-0.1, -0.05) is 6.07 Å². The molecular weight excluding hydrogens is 256 g/mol. The second-order valence-electron chi connectivity index (χ2n) is 5.38. The number of hydrogen-bond donors (Lipinski definition) is 2. The third kappa shape index (κ3) is 4.51. The molecule has 0 bridgehead atoms. The fourth-order valence-electron chi connectivity index (χ4n) is 1.47. The Morgan fingerprint density at radius 3 is 2.65 bits per heavy atom. The van der Waals surface area contributed by atoms with Gasteiger partial charge in [0.05, 0.1) is 17.7 Å². The van der Waals surface area contributed by atoms with E-state index in [1.807, 2.05) is 39.0 Å². The molecule has 1 aromatic carbocycles. The van der Waals surface area contributed by atoms with Crippen molar-refractivity contribution in [3.63, 3.8) is 0 Å². The van der Waals surface area contributed by atoms with Gasteiger partial charge in [-0.2, -0.15) is 0 Å². The molecule has 0 saturated carbocycles. The van der Waals surface area contributed by atoms with Crippen molar-refractivity contribution in [3.8, 4) is 5.75 Å². The molecule has 0 unspecified atom stereocenters. The van der Waals surface area contributed by atoms with Crippen LogP contribution in [0.3, 0.4) is 0 Å². The summed E-state index contributed by atoms with van der Waals surface area (Å²) in [7, 11) is 1.62. The summed E-state index contributed by atoms with van der Waals surface area (Å²) < 4.78 is 10.6. The second kappa shape index (κ2) is 7.26. The molecule has 0 aliphatic carbocycles. The molecule has 5 heteroatoms. The van der Waals surface area contributed by atoms with Crippen molar-refractivity contribution in [3.05, 3.63) is 23.8 Å². The van der Waals surface area contributed by atoms with Gasteiger partial charge < -0.3 is 20.5 Å². The van der Waals surface area contributed by atoms with Gasteiger partial charge in [-0.05, 0) is 38.5 Å². The van der Waals surface area contributed by atoms with E-state index in [0.29, 0.717) is 24.7 Å². The molecule has 0 aliphatic heterocycles. The molecule has 5 nitrogen and oxygen atoms in total. The number of nitrogens with two attached hydrogens (primary N) is 1. The van der Waals surface area contributed by atoms with Crippen LogP contribution >= 0.6 is 0 Å². The van der Waals surface area contributed by atoms with E-state index in [1.54, 1.807) is 7.11 Å². The molecule has 1 aromatic rings. The van der Waals surface area contributed by atoms with Crippen LogP contribution in [0, 0.1) is 12.3 Å². The van der Waals surface area contributed by atoms with E-state index in [2.05, 4.69) is 5.32 Å². The minimum Gasteiger partial charge on any atom is -0.489 e. The molecule has 0 radical (unpaired) electrons. The van der Waals surface area contributed by atoms with E-state index in [4.69, 9.17) is 15.2 Å². The topological polar surface area (TPSA) is 73.6 Å². The van der Waals surface area contributed by atoms with Gasteiger partial charge in [0.15, 0.2) is 0 Å². The molecule has 0 heterocycles. The summed E-state index contributed by atoms with van der Waals surface area (Å²) >= 11 is 0. The third-order valence-corrected chi connectivity index (χ3v) is 3.06. The van der Waals surface area contributed by atoms with Gasteiger partial charge >= 0.3 is 0 Å². The first-order valence-corrected chi connectivity index (χ1v) is 6.64. The van der Waals surface area contributed by atoms with Crippen molar-refractivity contribution < 1.29 is 14.3 Å². The first-order chi connectivity index (χ1) is 9.40. The molecule has 1 rings (SSSR count). The number of anilines is 1. The number of aryl methyl sites for hydroxylation is 1. The van der Waals surface area contributed by atoms with E-state index < -0.39 is 5.41 Å².